The molecule has 3 amide bonds. The van der Waals surface area contributed by atoms with E-state index in [1.54, 1.807) is 30.3 Å². The number of amides is 3. The number of aliphatic carboxylic acids is 1. The van der Waals surface area contributed by atoms with Crippen LogP contribution in [0.15, 0.2) is 97.1 Å². The van der Waals surface area contributed by atoms with Gasteiger partial charge in [-0.25, -0.2) is 4.79 Å². The Kier molecular flexibility index (Phi) is 10.5. The minimum Gasteiger partial charge on any atom is -0.494 e. The number of ether oxygens (including phenoxy) is 1. The lowest BCUT2D eigenvalue weighted by molar-refractivity contribution is -0.137. The summed E-state index contributed by atoms with van der Waals surface area (Å²) in [5.41, 5.74) is 5.19. The van der Waals surface area contributed by atoms with Crippen LogP contribution in [0.1, 0.15) is 36.1 Å². The Morgan fingerprint density at radius 3 is 2.14 bits per heavy atom. The Labute approximate surface area is 251 Å². The SMILES string of the molecule is COc1cc(N(C(C)=O)c2ccc(C(CC(=O)O)NCCc3ccccc3)cc2)ccc1NC(=O)Nc1ccccc1C. The fourth-order valence-corrected chi connectivity index (χ4v) is 4.80. The second-order valence-electron chi connectivity index (χ2n) is 10.1. The van der Waals surface area contributed by atoms with Crippen LogP contribution in [0.2, 0.25) is 0 Å². The van der Waals surface area contributed by atoms with Crippen LogP contribution >= 0.6 is 0 Å². The van der Waals surface area contributed by atoms with E-state index in [0.29, 0.717) is 35.0 Å². The van der Waals surface area contributed by atoms with Gasteiger partial charge in [0, 0.05) is 30.4 Å². The number of anilines is 4. The maximum absolute atomic E-state index is 12.8. The molecule has 4 rings (SSSR count). The van der Waals surface area contributed by atoms with Crippen molar-refractivity contribution in [3.05, 3.63) is 114 Å². The zero-order valence-electron chi connectivity index (χ0n) is 24.5. The van der Waals surface area contributed by atoms with Crippen LogP contribution in [0.4, 0.5) is 27.5 Å². The molecule has 0 radical (unpaired) electrons. The van der Waals surface area contributed by atoms with Gasteiger partial charge in [0.2, 0.25) is 5.91 Å². The zero-order chi connectivity index (χ0) is 30.8. The smallest absolute Gasteiger partial charge is 0.323 e. The molecule has 9 nitrogen and oxygen atoms in total. The molecule has 1 atom stereocenters. The van der Waals surface area contributed by atoms with E-state index in [-0.39, 0.29) is 12.3 Å². The Morgan fingerprint density at radius 1 is 0.837 bits per heavy atom. The monoisotopic (exact) mass is 580 g/mol. The molecule has 0 aliphatic heterocycles. The third-order valence-corrected chi connectivity index (χ3v) is 6.98. The topological polar surface area (TPSA) is 120 Å². The first kappa shape index (κ1) is 30.8. The summed E-state index contributed by atoms with van der Waals surface area (Å²) in [5, 5.41) is 18.5. The van der Waals surface area contributed by atoms with Crippen molar-refractivity contribution in [3.8, 4) is 5.75 Å². The third-order valence-electron chi connectivity index (χ3n) is 6.98. The van der Waals surface area contributed by atoms with Crippen LogP contribution in [0.3, 0.4) is 0 Å². The highest BCUT2D eigenvalue weighted by atomic mass is 16.5. The zero-order valence-corrected chi connectivity index (χ0v) is 24.5. The average molecular weight is 581 g/mol. The Hall–Kier alpha value is -5.15. The van der Waals surface area contributed by atoms with Gasteiger partial charge in [0.15, 0.2) is 0 Å². The van der Waals surface area contributed by atoms with Crippen molar-refractivity contribution in [2.75, 3.05) is 29.2 Å². The predicted octanol–water partition coefficient (Wildman–Crippen LogP) is 6.68. The van der Waals surface area contributed by atoms with Crippen molar-refractivity contribution in [3.63, 3.8) is 0 Å². The number of nitrogens with zero attached hydrogens (tertiary/aromatic N) is 1. The van der Waals surface area contributed by atoms with E-state index < -0.39 is 18.0 Å². The van der Waals surface area contributed by atoms with E-state index in [9.17, 15) is 19.5 Å². The molecule has 0 saturated heterocycles. The number of hydrogen-bond acceptors (Lipinski definition) is 5. The Balaban J connectivity index is 1.49. The maximum Gasteiger partial charge on any atom is 0.323 e. The number of nitrogens with one attached hydrogen (secondary N) is 3. The minimum atomic E-state index is -0.903. The van der Waals surface area contributed by atoms with Crippen molar-refractivity contribution in [1.29, 1.82) is 0 Å². The molecule has 0 aromatic heterocycles. The molecule has 0 aliphatic carbocycles. The standard InChI is InChI=1S/C34H36N4O5/c1-23-9-7-8-12-29(23)36-34(42)37-30-18-17-28(21-32(30)43-3)38(24(2)39)27-15-13-26(14-16-27)31(22-33(40)41)35-20-19-25-10-5-4-6-11-25/h4-18,21,31,35H,19-20,22H2,1-3H3,(H,40,41)(H2,36,37,42). The Bertz CT molecular complexity index is 1560. The molecule has 222 valence electrons. The lowest BCUT2D eigenvalue weighted by Gasteiger charge is -2.24. The molecule has 0 saturated carbocycles. The van der Waals surface area contributed by atoms with Crippen molar-refractivity contribution < 1.29 is 24.2 Å². The van der Waals surface area contributed by atoms with E-state index in [1.807, 2.05) is 73.7 Å². The van der Waals surface area contributed by atoms with Gasteiger partial charge < -0.3 is 25.8 Å². The second kappa shape index (κ2) is 14.7. The van der Waals surface area contributed by atoms with Gasteiger partial charge >= 0.3 is 12.0 Å². The number of methoxy groups -OCH3 is 1. The van der Waals surface area contributed by atoms with Gasteiger partial charge in [-0.15, -0.1) is 0 Å². The summed E-state index contributed by atoms with van der Waals surface area (Å²) in [4.78, 5) is 38.6. The summed E-state index contributed by atoms with van der Waals surface area (Å²) < 4.78 is 5.54. The summed E-state index contributed by atoms with van der Waals surface area (Å²) >= 11 is 0. The lowest BCUT2D eigenvalue weighted by Crippen LogP contribution is -2.26. The van der Waals surface area contributed by atoms with Crippen molar-refractivity contribution in [1.82, 2.24) is 5.32 Å². The number of carboxylic acid groups (broad SMARTS) is 1. The average Bonchev–Trinajstić information content (AvgIpc) is 2.99. The van der Waals surface area contributed by atoms with E-state index in [2.05, 4.69) is 16.0 Å². The number of urea groups is 1. The van der Waals surface area contributed by atoms with Gasteiger partial charge in [-0.1, -0.05) is 60.7 Å². The summed E-state index contributed by atoms with van der Waals surface area (Å²) in [6.07, 6.45) is 0.695. The van der Waals surface area contributed by atoms with Crippen molar-refractivity contribution >= 4 is 40.7 Å². The normalized spacial score (nSPS) is 11.3. The quantitative estimate of drug-likeness (QED) is 0.148. The first-order valence-corrected chi connectivity index (χ1v) is 14.0. The summed E-state index contributed by atoms with van der Waals surface area (Å²) in [6.45, 7) is 3.98. The van der Waals surface area contributed by atoms with Gasteiger partial charge in [-0.2, -0.15) is 0 Å². The van der Waals surface area contributed by atoms with Crippen molar-refractivity contribution in [2.45, 2.75) is 32.7 Å². The molecular weight excluding hydrogens is 544 g/mol. The van der Waals surface area contributed by atoms with Crippen molar-refractivity contribution in [2.24, 2.45) is 0 Å². The van der Waals surface area contributed by atoms with Crippen LogP contribution in [0.25, 0.3) is 0 Å². The molecule has 9 heteroatoms. The third kappa shape index (κ3) is 8.43. The van der Waals surface area contributed by atoms with Crippen LogP contribution in [0, 0.1) is 6.92 Å². The van der Waals surface area contributed by atoms with Crippen LogP contribution in [-0.4, -0.2) is 36.7 Å². The van der Waals surface area contributed by atoms with Crippen LogP contribution in [-0.2, 0) is 16.0 Å². The number of para-hydroxylation sites is 1. The molecule has 4 N–H and O–H groups in total. The number of carbonyl (C=O) groups is 3. The van der Waals surface area contributed by atoms with Crippen LogP contribution in [0.5, 0.6) is 5.75 Å². The van der Waals surface area contributed by atoms with E-state index in [0.717, 1.165) is 17.5 Å². The maximum atomic E-state index is 12.8. The van der Waals surface area contributed by atoms with Gasteiger partial charge in [0.1, 0.15) is 5.75 Å². The summed E-state index contributed by atoms with van der Waals surface area (Å²) in [6, 6.07) is 29.0. The predicted molar refractivity (Wildman–Crippen MR) is 169 cm³/mol. The molecule has 0 spiro atoms. The molecule has 0 bridgehead atoms. The van der Waals surface area contributed by atoms with Crippen LogP contribution < -0.4 is 25.6 Å². The fourth-order valence-electron chi connectivity index (χ4n) is 4.80. The molecule has 0 heterocycles. The highest BCUT2D eigenvalue weighted by molar-refractivity contribution is 6.02. The summed E-state index contributed by atoms with van der Waals surface area (Å²) in [5.74, 6) is -0.750. The van der Waals surface area contributed by atoms with Gasteiger partial charge in [-0.05, 0) is 66.9 Å². The molecule has 4 aromatic carbocycles. The molecule has 4 aromatic rings. The first-order valence-electron chi connectivity index (χ1n) is 14.0. The second-order valence-corrected chi connectivity index (χ2v) is 10.1. The lowest BCUT2D eigenvalue weighted by atomic mass is 10.0. The van der Waals surface area contributed by atoms with Gasteiger partial charge in [0.05, 0.1) is 24.9 Å². The highest BCUT2D eigenvalue weighted by Gasteiger charge is 2.20. The molecule has 1 unspecified atom stereocenters. The van der Waals surface area contributed by atoms with E-state index >= 15 is 0 Å². The highest BCUT2D eigenvalue weighted by Crippen LogP contribution is 2.34. The Morgan fingerprint density at radius 2 is 1.49 bits per heavy atom. The first-order chi connectivity index (χ1) is 20.7. The number of aryl methyl sites for hydroxylation is 1. The minimum absolute atomic E-state index is 0.0758. The summed E-state index contributed by atoms with van der Waals surface area (Å²) in [7, 11) is 1.49. The molecule has 43 heavy (non-hydrogen) atoms. The number of benzene rings is 4. The van der Waals surface area contributed by atoms with Gasteiger partial charge in [0.25, 0.3) is 0 Å². The molecule has 0 aliphatic rings. The number of carbonyl (C=O) groups excluding carboxylic acids is 2. The van der Waals surface area contributed by atoms with Gasteiger partial charge in [-0.3, -0.25) is 14.5 Å². The number of carboxylic acids is 1. The van der Waals surface area contributed by atoms with E-state index in [4.69, 9.17) is 4.74 Å². The molecular formula is C34H36N4O5. The number of rotatable bonds is 12. The van der Waals surface area contributed by atoms with E-state index in [1.165, 1.54) is 24.5 Å². The molecule has 0 fully saturated rings. The largest absolute Gasteiger partial charge is 0.494 e. The fraction of sp³-hybridized carbons (Fsp3) is 0.206. The number of hydrogen-bond donors (Lipinski definition) is 4.